The summed E-state index contributed by atoms with van der Waals surface area (Å²) in [6.07, 6.45) is 2.37. The average Bonchev–Trinajstić information content (AvgIpc) is 2.19. The van der Waals surface area contributed by atoms with Crippen LogP contribution in [0.1, 0.15) is 33.1 Å². The Morgan fingerprint density at radius 2 is 2.13 bits per heavy atom. The number of amides is 1. The SMILES string of the molecule is CCN(C(=O)CCCCCl)C(C)COC. The van der Waals surface area contributed by atoms with Crippen LogP contribution in [0.25, 0.3) is 0 Å². The van der Waals surface area contributed by atoms with Crippen molar-refractivity contribution in [1.82, 2.24) is 4.90 Å². The molecule has 0 aliphatic carbocycles. The Kier molecular flexibility index (Phi) is 8.82. The standard InChI is InChI=1S/C11H22ClNO2/c1-4-13(10(2)9-15-3)11(14)7-5-6-8-12/h10H,4-9H2,1-3H3. The van der Waals surface area contributed by atoms with Crippen molar-refractivity contribution in [3.8, 4) is 0 Å². The molecule has 0 rings (SSSR count). The third-order valence-corrected chi connectivity index (χ3v) is 2.64. The highest BCUT2D eigenvalue weighted by Crippen LogP contribution is 2.06. The molecular formula is C11H22ClNO2. The molecule has 0 aromatic rings. The van der Waals surface area contributed by atoms with Crippen molar-refractivity contribution in [3.05, 3.63) is 0 Å². The van der Waals surface area contributed by atoms with Gasteiger partial charge in [0.2, 0.25) is 5.91 Å². The number of methoxy groups -OCH3 is 1. The molecule has 0 aromatic carbocycles. The Balaban J connectivity index is 3.97. The Bertz CT molecular complexity index is 176. The van der Waals surface area contributed by atoms with Gasteiger partial charge in [0.25, 0.3) is 0 Å². The first-order valence-electron chi connectivity index (χ1n) is 5.51. The van der Waals surface area contributed by atoms with Crippen molar-refractivity contribution in [2.24, 2.45) is 0 Å². The quantitative estimate of drug-likeness (QED) is 0.477. The summed E-state index contributed by atoms with van der Waals surface area (Å²) >= 11 is 5.57. The molecule has 0 radical (unpaired) electrons. The molecule has 4 heteroatoms. The minimum atomic E-state index is 0.156. The van der Waals surface area contributed by atoms with Crippen molar-refractivity contribution < 1.29 is 9.53 Å². The number of ether oxygens (including phenoxy) is 1. The second-order valence-corrected chi connectivity index (χ2v) is 4.01. The van der Waals surface area contributed by atoms with E-state index in [4.69, 9.17) is 16.3 Å². The van der Waals surface area contributed by atoms with Crippen LogP contribution in [0.4, 0.5) is 0 Å². The number of hydrogen-bond acceptors (Lipinski definition) is 2. The third kappa shape index (κ3) is 6.00. The number of alkyl halides is 1. The number of hydrogen-bond donors (Lipinski definition) is 0. The maximum Gasteiger partial charge on any atom is 0.222 e. The van der Waals surface area contributed by atoms with Gasteiger partial charge in [-0.25, -0.2) is 0 Å². The topological polar surface area (TPSA) is 29.5 Å². The fraction of sp³-hybridized carbons (Fsp3) is 0.909. The lowest BCUT2D eigenvalue weighted by molar-refractivity contribution is -0.134. The zero-order chi connectivity index (χ0) is 11.7. The van der Waals surface area contributed by atoms with Crippen LogP contribution in [0, 0.1) is 0 Å². The fourth-order valence-electron chi connectivity index (χ4n) is 1.58. The van der Waals surface area contributed by atoms with Gasteiger partial charge in [-0.15, -0.1) is 11.6 Å². The molecule has 0 aliphatic rings. The molecule has 0 spiro atoms. The van der Waals surface area contributed by atoms with E-state index < -0.39 is 0 Å². The number of rotatable bonds is 8. The molecule has 0 aliphatic heterocycles. The second kappa shape index (κ2) is 8.98. The van der Waals surface area contributed by atoms with E-state index >= 15 is 0 Å². The predicted octanol–water partition coefficient (Wildman–Crippen LogP) is 2.28. The maximum absolute atomic E-state index is 11.8. The molecule has 90 valence electrons. The van der Waals surface area contributed by atoms with Gasteiger partial charge in [-0.1, -0.05) is 0 Å². The Morgan fingerprint density at radius 3 is 2.60 bits per heavy atom. The van der Waals surface area contributed by atoms with E-state index in [1.165, 1.54) is 0 Å². The average molecular weight is 236 g/mol. The largest absolute Gasteiger partial charge is 0.383 e. The first-order chi connectivity index (χ1) is 7.17. The highest BCUT2D eigenvalue weighted by molar-refractivity contribution is 6.17. The molecule has 1 amide bonds. The number of unbranched alkanes of at least 4 members (excludes halogenated alkanes) is 1. The summed E-state index contributed by atoms with van der Waals surface area (Å²) in [5.74, 6) is 0.833. The number of carbonyl (C=O) groups excluding carboxylic acids is 1. The Labute approximate surface area is 97.7 Å². The van der Waals surface area contributed by atoms with Gasteiger partial charge in [-0.05, 0) is 26.7 Å². The lowest BCUT2D eigenvalue weighted by atomic mass is 10.2. The minimum Gasteiger partial charge on any atom is -0.383 e. The minimum absolute atomic E-state index is 0.156. The smallest absolute Gasteiger partial charge is 0.222 e. The molecule has 0 aromatic heterocycles. The molecule has 1 unspecified atom stereocenters. The van der Waals surface area contributed by atoms with E-state index in [0.29, 0.717) is 18.9 Å². The van der Waals surface area contributed by atoms with Gasteiger partial charge in [0.1, 0.15) is 0 Å². The van der Waals surface area contributed by atoms with Crippen molar-refractivity contribution in [3.63, 3.8) is 0 Å². The van der Waals surface area contributed by atoms with Gasteiger partial charge < -0.3 is 9.64 Å². The molecule has 0 saturated carbocycles. The van der Waals surface area contributed by atoms with Gasteiger partial charge in [0.15, 0.2) is 0 Å². The number of halogens is 1. The molecule has 15 heavy (non-hydrogen) atoms. The zero-order valence-electron chi connectivity index (χ0n) is 9.96. The van der Waals surface area contributed by atoms with Crippen LogP contribution in [0.5, 0.6) is 0 Å². The lowest BCUT2D eigenvalue weighted by Crippen LogP contribution is -2.40. The molecule has 0 heterocycles. The summed E-state index contributed by atoms with van der Waals surface area (Å²) in [4.78, 5) is 13.7. The summed E-state index contributed by atoms with van der Waals surface area (Å²) in [5, 5.41) is 0. The van der Waals surface area contributed by atoms with Gasteiger partial charge in [0, 0.05) is 26.0 Å². The number of likely N-dealkylation sites (N-methyl/N-ethyl adjacent to an activating group) is 1. The number of nitrogens with zero attached hydrogens (tertiary/aromatic N) is 1. The molecule has 0 N–H and O–H groups in total. The van der Waals surface area contributed by atoms with Gasteiger partial charge in [0.05, 0.1) is 12.6 Å². The third-order valence-electron chi connectivity index (χ3n) is 2.38. The van der Waals surface area contributed by atoms with E-state index in [0.717, 1.165) is 19.4 Å². The monoisotopic (exact) mass is 235 g/mol. The van der Waals surface area contributed by atoms with Crippen LogP contribution < -0.4 is 0 Å². The van der Waals surface area contributed by atoms with Gasteiger partial charge in [-0.2, -0.15) is 0 Å². The van der Waals surface area contributed by atoms with Gasteiger partial charge >= 0.3 is 0 Å². The summed E-state index contributed by atoms with van der Waals surface area (Å²) in [5.41, 5.74) is 0. The summed E-state index contributed by atoms with van der Waals surface area (Å²) < 4.78 is 5.05. The molecular weight excluding hydrogens is 214 g/mol. The van der Waals surface area contributed by atoms with E-state index in [-0.39, 0.29) is 11.9 Å². The highest BCUT2D eigenvalue weighted by atomic mass is 35.5. The molecule has 0 bridgehead atoms. The number of carbonyl (C=O) groups is 1. The Morgan fingerprint density at radius 1 is 1.47 bits per heavy atom. The van der Waals surface area contributed by atoms with Crippen LogP contribution in [-0.2, 0) is 9.53 Å². The molecule has 3 nitrogen and oxygen atoms in total. The second-order valence-electron chi connectivity index (χ2n) is 3.63. The van der Waals surface area contributed by atoms with Crippen molar-refractivity contribution in [1.29, 1.82) is 0 Å². The summed E-state index contributed by atoms with van der Waals surface area (Å²) in [6.45, 7) is 5.33. The lowest BCUT2D eigenvalue weighted by Gasteiger charge is -2.27. The van der Waals surface area contributed by atoms with E-state index in [9.17, 15) is 4.79 Å². The van der Waals surface area contributed by atoms with Gasteiger partial charge in [-0.3, -0.25) is 4.79 Å². The van der Waals surface area contributed by atoms with E-state index in [1.54, 1.807) is 7.11 Å². The van der Waals surface area contributed by atoms with Crippen LogP contribution in [-0.4, -0.2) is 43.0 Å². The summed E-state index contributed by atoms with van der Waals surface area (Å²) in [7, 11) is 1.66. The normalized spacial score (nSPS) is 12.5. The van der Waals surface area contributed by atoms with Crippen LogP contribution in [0.3, 0.4) is 0 Å². The van der Waals surface area contributed by atoms with E-state index in [1.807, 2.05) is 18.7 Å². The van der Waals surface area contributed by atoms with E-state index in [2.05, 4.69) is 0 Å². The molecule has 0 saturated heterocycles. The fourth-order valence-corrected chi connectivity index (χ4v) is 1.77. The molecule has 1 atom stereocenters. The van der Waals surface area contributed by atoms with Crippen LogP contribution in [0.2, 0.25) is 0 Å². The van der Waals surface area contributed by atoms with Crippen molar-refractivity contribution >= 4 is 17.5 Å². The zero-order valence-corrected chi connectivity index (χ0v) is 10.7. The Hall–Kier alpha value is -0.280. The van der Waals surface area contributed by atoms with Crippen molar-refractivity contribution in [2.45, 2.75) is 39.2 Å². The first kappa shape index (κ1) is 14.7. The van der Waals surface area contributed by atoms with Crippen molar-refractivity contribution in [2.75, 3.05) is 26.1 Å². The molecule has 0 fully saturated rings. The highest BCUT2D eigenvalue weighted by Gasteiger charge is 2.17. The first-order valence-corrected chi connectivity index (χ1v) is 6.05. The predicted molar refractivity (Wildman–Crippen MR) is 63.3 cm³/mol. The van der Waals surface area contributed by atoms with Crippen LogP contribution >= 0.6 is 11.6 Å². The maximum atomic E-state index is 11.8. The summed E-state index contributed by atoms with van der Waals surface area (Å²) in [6, 6.07) is 0.156. The van der Waals surface area contributed by atoms with Crippen LogP contribution in [0.15, 0.2) is 0 Å².